The third-order valence-corrected chi connectivity index (χ3v) is 10.0. The van der Waals surface area contributed by atoms with Crippen molar-refractivity contribution in [3.8, 4) is 11.1 Å². The van der Waals surface area contributed by atoms with Gasteiger partial charge < -0.3 is 15.0 Å². The van der Waals surface area contributed by atoms with E-state index in [9.17, 15) is 32.3 Å². The molecule has 8 nitrogen and oxygen atoms in total. The standard InChI is InChI=1S/C43H36F3N3O5/c44-43(45,46)31-16-14-28(15-17-31)34-10-4-5-11-35(34)39(50)47-32-18-20-33(21-19-32)48-24-22-30(23-25-48)38(29-8-2-1-3-9-29)42(53)54-27-26-49-40(51)36-12-6-7-13-37(36)41(49)52/h1-21,30,38H,22-27H2,(H,47,50). The number of rotatable bonds is 10. The SMILES string of the molecule is O=C(Nc1ccc(N2CCC(C(C(=O)OCCN3C(=O)c4ccccc4C3=O)c3ccccc3)CC2)cc1)c1ccccc1-c1ccc(C(F)(F)F)cc1. The summed E-state index contributed by atoms with van der Waals surface area (Å²) in [5.41, 5.74) is 3.65. The molecule has 54 heavy (non-hydrogen) atoms. The molecule has 5 aromatic rings. The average Bonchev–Trinajstić information content (AvgIpc) is 3.43. The van der Waals surface area contributed by atoms with Crippen LogP contribution in [0.25, 0.3) is 11.1 Å². The Hall–Kier alpha value is -6.23. The van der Waals surface area contributed by atoms with Crippen LogP contribution in [0.3, 0.4) is 0 Å². The molecule has 0 saturated carbocycles. The molecule has 274 valence electrons. The number of nitrogens with one attached hydrogen (secondary N) is 1. The van der Waals surface area contributed by atoms with Gasteiger partial charge in [-0.3, -0.25) is 24.1 Å². The molecular formula is C43H36F3N3O5. The molecule has 7 rings (SSSR count). The molecule has 2 aliphatic rings. The quantitative estimate of drug-likeness (QED) is 0.114. The van der Waals surface area contributed by atoms with E-state index >= 15 is 0 Å². The van der Waals surface area contributed by atoms with Crippen LogP contribution >= 0.6 is 0 Å². The van der Waals surface area contributed by atoms with Gasteiger partial charge in [0.25, 0.3) is 17.7 Å². The summed E-state index contributed by atoms with van der Waals surface area (Å²) in [6.07, 6.45) is -3.02. The van der Waals surface area contributed by atoms with Crippen molar-refractivity contribution in [2.24, 2.45) is 5.92 Å². The van der Waals surface area contributed by atoms with Crippen LogP contribution in [0.1, 0.15) is 61.0 Å². The number of fused-ring (bicyclic) bond motifs is 1. The van der Waals surface area contributed by atoms with Gasteiger partial charge in [0.2, 0.25) is 0 Å². The maximum absolute atomic E-state index is 13.6. The number of nitrogens with zero attached hydrogens (tertiary/aromatic N) is 2. The van der Waals surface area contributed by atoms with Gasteiger partial charge in [0.05, 0.1) is 29.2 Å². The Morgan fingerprint density at radius 1 is 0.722 bits per heavy atom. The fourth-order valence-corrected chi connectivity index (χ4v) is 7.25. The number of hydrogen-bond donors (Lipinski definition) is 1. The fourth-order valence-electron chi connectivity index (χ4n) is 7.25. The maximum Gasteiger partial charge on any atom is 0.416 e. The molecule has 0 radical (unpaired) electrons. The molecule has 1 unspecified atom stereocenters. The van der Waals surface area contributed by atoms with Crippen molar-refractivity contribution in [1.29, 1.82) is 0 Å². The van der Waals surface area contributed by atoms with Gasteiger partial charge in [-0.05, 0) is 90.0 Å². The van der Waals surface area contributed by atoms with E-state index in [0.29, 0.717) is 59.4 Å². The molecule has 0 aromatic heterocycles. The number of piperidine rings is 1. The molecular weight excluding hydrogens is 695 g/mol. The average molecular weight is 732 g/mol. The van der Waals surface area contributed by atoms with Crippen LogP contribution in [0.4, 0.5) is 24.5 Å². The highest BCUT2D eigenvalue weighted by Gasteiger charge is 2.37. The molecule has 5 aromatic carbocycles. The molecule has 1 N–H and O–H groups in total. The number of benzene rings is 5. The van der Waals surface area contributed by atoms with Crippen LogP contribution in [0.15, 0.2) is 127 Å². The Morgan fingerprint density at radius 2 is 1.30 bits per heavy atom. The van der Waals surface area contributed by atoms with Crippen molar-refractivity contribution in [3.63, 3.8) is 0 Å². The number of imide groups is 1. The molecule has 2 heterocycles. The normalized spacial score (nSPS) is 15.2. The first-order valence-electron chi connectivity index (χ1n) is 17.7. The lowest BCUT2D eigenvalue weighted by molar-refractivity contribution is -0.147. The predicted octanol–water partition coefficient (Wildman–Crippen LogP) is 8.46. The third-order valence-electron chi connectivity index (χ3n) is 10.0. The molecule has 11 heteroatoms. The summed E-state index contributed by atoms with van der Waals surface area (Å²) >= 11 is 0. The maximum atomic E-state index is 13.6. The van der Waals surface area contributed by atoms with E-state index in [1.807, 2.05) is 42.5 Å². The van der Waals surface area contributed by atoms with Crippen LogP contribution in [0.2, 0.25) is 0 Å². The first-order chi connectivity index (χ1) is 26.1. The molecule has 0 bridgehead atoms. The monoisotopic (exact) mass is 731 g/mol. The number of amides is 3. The van der Waals surface area contributed by atoms with Gasteiger partial charge in [-0.25, -0.2) is 0 Å². The largest absolute Gasteiger partial charge is 0.463 e. The zero-order valence-electron chi connectivity index (χ0n) is 29.1. The Kier molecular flexibility index (Phi) is 10.3. The Labute approximate surface area is 310 Å². The second-order valence-corrected chi connectivity index (χ2v) is 13.3. The highest BCUT2D eigenvalue weighted by Crippen LogP contribution is 2.36. The van der Waals surface area contributed by atoms with Crippen molar-refractivity contribution < 1.29 is 37.1 Å². The number of esters is 1. The zero-order valence-corrected chi connectivity index (χ0v) is 29.1. The summed E-state index contributed by atoms with van der Waals surface area (Å²) in [4.78, 5) is 55.8. The van der Waals surface area contributed by atoms with Gasteiger partial charge in [0.15, 0.2) is 0 Å². The second-order valence-electron chi connectivity index (χ2n) is 13.3. The minimum absolute atomic E-state index is 0.00116. The molecule has 0 spiro atoms. The summed E-state index contributed by atoms with van der Waals surface area (Å²) < 4.78 is 45.0. The van der Waals surface area contributed by atoms with E-state index in [2.05, 4.69) is 10.2 Å². The lowest BCUT2D eigenvalue weighted by Crippen LogP contribution is -2.38. The summed E-state index contributed by atoms with van der Waals surface area (Å²) in [5, 5.41) is 2.90. The Balaban J connectivity index is 0.959. The van der Waals surface area contributed by atoms with E-state index in [-0.39, 0.29) is 25.0 Å². The van der Waals surface area contributed by atoms with Crippen LogP contribution in [0.5, 0.6) is 0 Å². The van der Waals surface area contributed by atoms with Gasteiger partial charge in [0.1, 0.15) is 6.61 Å². The number of hydrogen-bond acceptors (Lipinski definition) is 6. The number of halogens is 3. The predicted molar refractivity (Wildman–Crippen MR) is 198 cm³/mol. The van der Waals surface area contributed by atoms with E-state index in [1.54, 1.807) is 60.7 Å². The van der Waals surface area contributed by atoms with Crippen LogP contribution < -0.4 is 10.2 Å². The lowest BCUT2D eigenvalue weighted by atomic mass is 9.80. The van der Waals surface area contributed by atoms with E-state index in [0.717, 1.165) is 28.3 Å². The minimum Gasteiger partial charge on any atom is -0.463 e. The Bertz CT molecular complexity index is 2130. The van der Waals surface area contributed by atoms with Crippen molar-refractivity contribution in [3.05, 3.63) is 155 Å². The lowest BCUT2D eigenvalue weighted by Gasteiger charge is -2.36. The van der Waals surface area contributed by atoms with Crippen molar-refractivity contribution in [2.45, 2.75) is 24.9 Å². The van der Waals surface area contributed by atoms with Gasteiger partial charge in [0, 0.05) is 30.0 Å². The van der Waals surface area contributed by atoms with Crippen molar-refractivity contribution in [1.82, 2.24) is 4.90 Å². The van der Waals surface area contributed by atoms with E-state index < -0.39 is 35.4 Å². The van der Waals surface area contributed by atoms with Gasteiger partial charge in [-0.15, -0.1) is 0 Å². The highest BCUT2D eigenvalue weighted by atomic mass is 19.4. The molecule has 1 atom stereocenters. The molecule has 3 amide bonds. The first-order valence-corrected chi connectivity index (χ1v) is 17.7. The first kappa shape index (κ1) is 36.1. The second kappa shape index (κ2) is 15.4. The Morgan fingerprint density at radius 3 is 1.91 bits per heavy atom. The highest BCUT2D eigenvalue weighted by molar-refractivity contribution is 6.21. The third kappa shape index (κ3) is 7.61. The van der Waals surface area contributed by atoms with Crippen molar-refractivity contribution >= 4 is 35.1 Å². The van der Waals surface area contributed by atoms with Crippen LogP contribution in [-0.2, 0) is 15.7 Å². The summed E-state index contributed by atoms with van der Waals surface area (Å²) in [6.45, 7) is 1.24. The van der Waals surface area contributed by atoms with Crippen LogP contribution in [0, 0.1) is 5.92 Å². The zero-order chi connectivity index (χ0) is 37.8. The molecule has 1 fully saturated rings. The summed E-state index contributed by atoms with van der Waals surface area (Å²) in [5.74, 6) is -2.08. The molecule has 1 saturated heterocycles. The number of anilines is 2. The number of alkyl halides is 3. The fraction of sp³-hybridized carbons (Fsp3) is 0.209. The van der Waals surface area contributed by atoms with Gasteiger partial charge >= 0.3 is 12.1 Å². The molecule has 2 aliphatic heterocycles. The topological polar surface area (TPSA) is 96.0 Å². The smallest absolute Gasteiger partial charge is 0.416 e. The van der Waals surface area contributed by atoms with Gasteiger partial charge in [-0.1, -0.05) is 72.8 Å². The minimum atomic E-state index is -4.45. The van der Waals surface area contributed by atoms with Crippen molar-refractivity contribution in [2.75, 3.05) is 36.5 Å². The van der Waals surface area contributed by atoms with E-state index in [1.165, 1.54) is 12.1 Å². The number of carbonyl (C=O) groups excluding carboxylic acids is 4. The van der Waals surface area contributed by atoms with Gasteiger partial charge in [-0.2, -0.15) is 13.2 Å². The van der Waals surface area contributed by atoms with E-state index in [4.69, 9.17) is 4.74 Å². The van der Waals surface area contributed by atoms with Crippen LogP contribution in [-0.4, -0.2) is 54.8 Å². The summed E-state index contributed by atoms with van der Waals surface area (Å²) in [6, 6.07) is 35.1. The number of ether oxygens (including phenoxy) is 1. The number of carbonyl (C=O) groups is 4. The summed E-state index contributed by atoms with van der Waals surface area (Å²) in [7, 11) is 0. The molecule has 0 aliphatic carbocycles.